The maximum atomic E-state index is 12.0. The highest BCUT2D eigenvalue weighted by Crippen LogP contribution is 2.19. The van der Waals surface area contributed by atoms with Crippen molar-refractivity contribution in [3.05, 3.63) is 22.5 Å². The number of nitrogens with zero attached hydrogens (tertiary/aromatic N) is 1. The Morgan fingerprint density at radius 2 is 1.95 bits per heavy atom. The van der Waals surface area contributed by atoms with Gasteiger partial charge >= 0.3 is 12.0 Å². The van der Waals surface area contributed by atoms with Crippen LogP contribution in [0.15, 0.2) is 0 Å². The number of hydrogen-bond acceptors (Lipinski definition) is 5. The summed E-state index contributed by atoms with van der Waals surface area (Å²) in [6.45, 7) is 4.83. The van der Waals surface area contributed by atoms with Crippen LogP contribution < -0.4 is 5.32 Å². The van der Waals surface area contributed by atoms with Gasteiger partial charge in [0.05, 0.1) is 0 Å². The number of Topliss-reactive ketones (excluding diaryl/α,β-unsaturated/α-hetero) is 1. The SMILES string of the molecule is CC(=O)c1c(C)[nH]c(C(=O)OCC(=O)N2CCNC2=O)c1C. The first-order valence-corrected chi connectivity index (χ1v) is 6.78. The van der Waals surface area contributed by atoms with Gasteiger partial charge in [0.15, 0.2) is 12.4 Å². The molecule has 0 spiro atoms. The van der Waals surface area contributed by atoms with Crippen LogP contribution in [0.3, 0.4) is 0 Å². The number of H-pyrrole nitrogens is 1. The minimum absolute atomic E-state index is 0.140. The maximum Gasteiger partial charge on any atom is 0.355 e. The van der Waals surface area contributed by atoms with E-state index in [1.54, 1.807) is 13.8 Å². The maximum absolute atomic E-state index is 12.0. The number of imide groups is 1. The number of esters is 1. The second-order valence-electron chi connectivity index (χ2n) is 5.03. The summed E-state index contributed by atoms with van der Waals surface area (Å²) in [5.41, 5.74) is 1.64. The molecule has 0 unspecified atom stereocenters. The van der Waals surface area contributed by atoms with Gasteiger partial charge in [-0.15, -0.1) is 0 Å². The van der Waals surface area contributed by atoms with E-state index in [1.807, 2.05) is 0 Å². The van der Waals surface area contributed by atoms with Gasteiger partial charge in [-0.2, -0.15) is 0 Å². The van der Waals surface area contributed by atoms with Crippen molar-refractivity contribution in [3.63, 3.8) is 0 Å². The third-order valence-corrected chi connectivity index (χ3v) is 3.48. The molecule has 0 aromatic carbocycles. The van der Waals surface area contributed by atoms with Gasteiger partial charge < -0.3 is 15.0 Å². The van der Waals surface area contributed by atoms with E-state index in [0.29, 0.717) is 23.4 Å². The number of urea groups is 1. The summed E-state index contributed by atoms with van der Waals surface area (Å²) in [5.74, 6) is -1.48. The lowest BCUT2D eigenvalue weighted by molar-refractivity contribution is -0.130. The van der Waals surface area contributed by atoms with Gasteiger partial charge in [-0.05, 0) is 26.3 Å². The van der Waals surface area contributed by atoms with E-state index in [4.69, 9.17) is 4.74 Å². The van der Waals surface area contributed by atoms with Gasteiger partial charge in [-0.25, -0.2) is 9.59 Å². The molecule has 0 saturated carbocycles. The van der Waals surface area contributed by atoms with Crippen molar-refractivity contribution in [1.29, 1.82) is 0 Å². The van der Waals surface area contributed by atoms with E-state index < -0.39 is 24.5 Å². The van der Waals surface area contributed by atoms with Crippen LogP contribution in [-0.2, 0) is 9.53 Å². The summed E-state index contributed by atoms with van der Waals surface area (Å²) in [5, 5.41) is 2.48. The van der Waals surface area contributed by atoms with Crippen LogP contribution in [0.5, 0.6) is 0 Å². The van der Waals surface area contributed by atoms with Gasteiger partial charge in [0.2, 0.25) is 0 Å². The molecule has 1 aromatic rings. The van der Waals surface area contributed by atoms with E-state index in [0.717, 1.165) is 4.90 Å². The van der Waals surface area contributed by atoms with Crippen molar-refractivity contribution in [2.75, 3.05) is 19.7 Å². The van der Waals surface area contributed by atoms with Gasteiger partial charge in [-0.3, -0.25) is 14.5 Å². The number of amides is 3. The van der Waals surface area contributed by atoms with E-state index >= 15 is 0 Å². The lowest BCUT2D eigenvalue weighted by Gasteiger charge is -2.12. The third kappa shape index (κ3) is 2.85. The minimum atomic E-state index is -0.735. The van der Waals surface area contributed by atoms with Crippen LogP contribution in [-0.4, -0.2) is 53.3 Å². The van der Waals surface area contributed by atoms with Crippen molar-refractivity contribution in [3.8, 4) is 0 Å². The first-order valence-electron chi connectivity index (χ1n) is 6.78. The summed E-state index contributed by atoms with van der Waals surface area (Å²) in [4.78, 5) is 50.4. The molecule has 0 bridgehead atoms. The molecule has 1 aliphatic heterocycles. The van der Waals surface area contributed by atoms with Crippen molar-refractivity contribution in [2.24, 2.45) is 0 Å². The topological polar surface area (TPSA) is 109 Å². The van der Waals surface area contributed by atoms with Gasteiger partial charge in [0.25, 0.3) is 5.91 Å². The number of rotatable bonds is 4. The monoisotopic (exact) mass is 307 g/mol. The molecule has 1 aromatic heterocycles. The van der Waals surface area contributed by atoms with Crippen LogP contribution >= 0.6 is 0 Å². The molecule has 2 rings (SSSR count). The summed E-state index contributed by atoms with van der Waals surface area (Å²) < 4.78 is 4.93. The van der Waals surface area contributed by atoms with Crippen LogP contribution in [0, 0.1) is 13.8 Å². The number of ketones is 1. The molecule has 8 heteroatoms. The smallest absolute Gasteiger partial charge is 0.355 e. The summed E-state index contributed by atoms with van der Waals surface area (Å²) >= 11 is 0. The molecule has 22 heavy (non-hydrogen) atoms. The molecule has 0 aliphatic carbocycles. The van der Waals surface area contributed by atoms with Crippen molar-refractivity contribution < 1.29 is 23.9 Å². The zero-order valence-corrected chi connectivity index (χ0v) is 12.6. The summed E-state index contributed by atoms with van der Waals surface area (Å²) in [6.07, 6.45) is 0. The molecule has 2 heterocycles. The lowest BCUT2D eigenvalue weighted by Crippen LogP contribution is -2.37. The second kappa shape index (κ2) is 6.00. The highest BCUT2D eigenvalue weighted by atomic mass is 16.5. The van der Waals surface area contributed by atoms with E-state index in [1.165, 1.54) is 6.92 Å². The van der Waals surface area contributed by atoms with Crippen molar-refractivity contribution in [1.82, 2.24) is 15.2 Å². The number of nitrogens with one attached hydrogen (secondary N) is 2. The average Bonchev–Trinajstić information content (AvgIpc) is 2.99. The summed E-state index contributed by atoms with van der Waals surface area (Å²) in [6, 6.07) is -0.494. The first kappa shape index (κ1) is 15.7. The fraction of sp³-hybridized carbons (Fsp3) is 0.429. The second-order valence-corrected chi connectivity index (χ2v) is 5.03. The Balaban J connectivity index is 2.04. The molecular weight excluding hydrogens is 290 g/mol. The van der Waals surface area contributed by atoms with Crippen molar-refractivity contribution in [2.45, 2.75) is 20.8 Å². The van der Waals surface area contributed by atoms with Crippen LogP contribution in [0.2, 0.25) is 0 Å². The Bertz CT molecular complexity index is 662. The zero-order chi connectivity index (χ0) is 16.4. The van der Waals surface area contributed by atoms with Gasteiger partial charge in [0, 0.05) is 24.3 Å². The largest absolute Gasteiger partial charge is 0.451 e. The number of ether oxygens (including phenoxy) is 1. The molecule has 8 nitrogen and oxygen atoms in total. The summed E-state index contributed by atoms with van der Waals surface area (Å²) in [7, 11) is 0. The number of hydrogen-bond donors (Lipinski definition) is 2. The van der Waals surface area contributed by atoms with Gasteiger partial charge in [0.1, 0.15) is 5.69 Å². The van der Waals surface area contributed by atoms with Crippen LogP contribution in [0.25, 0.3) is 0 Å². The molecule has 118 valence electrons. The molecular formula is C14H17N3O5. The Morgan fingerprint density at radius 3 is 2.45 bits per heavy atom. The normalized spacial score (nSPS) is 14.0. The molecule has 1 aliphatic rings. The number of aromatic nitrogens is 1. The quantitative estimate of drug-likeness (QED) is 0.623. The number of aromatic amines is 1. The molecule has 0 atom stereocenters. The first-order chi connectivity index (χ1) is 10.3. The fourth-order valence-corrected chi connectivity index (χ4v) is 2.47. The number of carbonyl (C=O) groups is 4. The highest BCUT2D eigenvalue weighted by Gasteiger charge is 2.28. The van der Waals surface area contributed by atoms with E-state index in [9.17, 15) is 19.2 Å². The average molecular weight is 307 g/mol. The molecule has 1 fully saturated rings. The zero-order valence-electron chi connectivity index (χ0n) is 12.6. The Labute approximate surface area is 126 Å². The molecule has 1 saturated heterocycles. The predicted octanol–water partition coefficient (Wildman–Crippen LogP) is 0.543. The van der Waals surface area contributed by atoms with E-state index in [-0.39, 0.29) is 18.0 Å². The van der Waals surface area contributed by atoms with Crippen molar-refractivity contribution >= 4 is 23.7 Å². The Kier molecular flexibility index (Phi) is 4.30. The Morgan fingerprint density at radius 1 is 1.27 bits per heavy atom. The van der Waals surface area contributed by atoms with Crippen LogP contribution in [0.1, 0.15) is 39.0 Å². The predicted molar refractivity (Wildman–Crippen MR) is 75.7 cm³/mol. The van der Waals surface area contributed by atoms with Crippen LogP contribution in [0.4, 0.5) is 4.79 Å². The third-order valence-electron chi connectivity index (χ3n) is 3.48. The number of carbonyl (C=O) groups excluding carboxylic acids is 4. The molecule has 3 amide bonds. The molecule has 2 N–H and O–H groups in total. The Hall–Kier alpha value is -2.64. The van der Waals surface area contributed by atoms with E-state index in [2.05, 4.69) is 10.3 Å². The number of aryl methyl sites for hydroxylation is 1. The fourth-order valence-electron chi connectivity index (χ4n) is 2.47. The minimum Gasteiger partial charge on any atom is -0.451 e. The standard InChI is InChI=1S/C14H17N3O5/c1-7-11(9(3)18)8(2)16-12(7)13(20)22-6-10(19)17-5-4-15-14(17)21/h16H,4-6H2,1-3H3,(H,15,21). The highest BCUT2D eigenvalue weighted by molar-refractivity contribution is 6.02. The van der Waals surface area contributed by atoms with Gasteiger partial charge in [-0.1, -0.05) is 0 Å². The lowest BCUT2D eigenvalue weighted by atomic mass is 10.1. The molecule has 0 radical (unpaired) electrons.